The second-order valence-corrected chi connectivity index (χ2v) is 13.0. The van der Waals surface area contributed by atoms with E-state index in [1.54, 1.807) is 17.0 Å². The Hall–Kier alpha value is -3.65. The molecule has 0 saturated heterocycles. The number of sulfonamides is 1. The molecule has 220 valence electrons. The first kappa shape index (κ1) is 31.9. The molecular weight excluding hydrogens is 534 g/mol. The minimum absolute atomic E-state index is 0.104. The molecule has 0 spiro atoms. The molecule has 3 aromatic rings. The van der Waals surface area contributed by atoms with Gasteiger partial charge >= 0.3 is 0 Å². The third kappa shape index (κ3) is 10.0. The van der Waals surface area contributed by atoms with Crippen molar-refractivity contribution in [3.63, 3.8) is 0 Å². The second-order valence-electron chi connectivity index (χ2n) is 11.1. The highest BCUT2D eigenvalue weighted by molar-refractivity contribution is 7.92. The Balaban J connectivity index is 1.87. The van der Waals surface area contributed by atoms with Crippen LogP contribution in [0.1, 0.15) is 48.9 Å². The maximum atomic E-state index is 13.9. The first-order chi connectivity index (χ1) is 19.4. The molecule has 8 heteroatoms. The van der Waals surface area contributed by atoms with Crippen LogP contribution in [0.5, 0.6) is 0 Å². The molecule has 0 radical (unpaired) electrons. The molecule has 3 aromatic carbocycles. The van der Waals surface area contributed by atoms with Gasteiger partial charge in [0.05, 0.1) is 11.9 Å². The second kappa shape index (κ2) is 14.8. The number of nitrogens with one attached hydrogen (secondary N) is 1. The Morgan fingerprint density at radius 1 is 0.854 bits per heavy atom. The van der Waals surface area contributed by atoms with Crippen LogP contribution in [-0.4, -0.2) is 50.5 Å². The van der Waals surface area contributed by atoms with Crippen molar-refractivity contribution in [2.45, 2.75) is 59.5 Å². The van der Waals surface area contributed by atoms with Gasteiger partial charge in [-0.05, 0) is 49.4 Å². The van der Waals surface area contributed by atoms with Crippen LogP contribution in [-0.2, 0) is 32.6 Å². The summed E-state index contributed by atoms with van der Waals surface area (Å²) in [5.41, 5.74) is 4.56. The zero-order chi connectivity index (χ0) is 30.0. The van der Waals surface area contributed by atoms with Gasteiger partial charge in [-0.2, -0.15) is 0 Å². The molecule has 0 fully saturated rings. The molecule has 1 N–H and O–H groups in total. The highest BCUT2D eigenvalue weighted by Gasteiger charge is 2.30. The maximum Gasteiger partial charge on any atom is 0.243 e. The third-order valence-electron chi connectivity index (χ3n) is 6.87. The topological polar surface area (TPSA) is 86.8 Å². The van der Waals surface area contributed by atoms with Crippen LogP contribution < -0.4 is 9.62 Å². The number of rotatable bonds is 14. The summed E-state index contributed by atoms with van der Waals surface area (Å²) in [5.74, 6) is -0.119. The summed E-state index contributed by atoms with van der Waals surface area (Å²) in [6, 6.07) is 24.2. The van der Waals surface area contributed by atoms with E-state index < -0.39 is 16.1 Å². The highest BCUT2D eigenvalue weighted by atomic mass is 32.2. The predicted octanol–water partition coefficient (Wildman–Crippen LogP) is 5.26. The molecule has 0 aliphatic carbocycles. The minimum Gasteiger partial charge on any atom is -0.354 e. The number of nitrogens with zero attached hydrogens (tertiary/aromatic N) is 2. The normalized spacial score (nSPS) is 12.1. The monoisotopic (exact) mass is 577 g/mol. The maximum absolute atomic E-state index is 13.9. The zero-order valence-corrected chi connectivity index (χ0v) is 25.7. The Morgan fingerprint density at radius 3 is 2.12 bits per heavy atom. The smallest absolute Gasteiger partial charge is 0.243 e. The summed E-state index contributed by atoms with van der Waals surface area (Å²) in [7, 11) is -3.54. The summed E-state index contributed by atoms with van der Waals surface area (Å²) in [6.07, 6.45) is 1.97. The van der Waals surface area contributed by atoms with Gasteiger partial charge in [-0.15, -0.1) is 0 Å². The van der Waals surface area contributed by atoms with Crippen molar-refractivity contribution in [3.05, 3.63) is 101 Å². The fourth-order valence-electron chi connectivity index (χ4n) is 4.70. The molecule has 0 bridgehead atoms. The van der Waals surface area contributed by atoms with E-state index >= 15 is 0 Å². The Labute approximate surface area is 245 Å². The highest BCUT2D eigenvalue weighted by Crippen LogP contribution is 2.21. The fourth-order valence-corrected chi connectivity index (χ4v) is 5.66. The molecule has 0 aliphatic rings. The van der Waals surface area contributed by atoms with E-state index in [0.29, 0.717) is 25.1 Å². The number of anilines is 1. The van der Waals surface area contributed by atoms with Gasteiger partial charge in [0.15, 0.2) is 0 Å². The average Bonchev–Trinajstić information content (AvgIpc) is 2.92. The lowest BCUT2D eigenvalue weighted by Crippen LogP contribution is -2.51. The molecule has 41 heavy (non-hydrogen) atoms. The lowest BCUT2D eigenvalue weighted by molar-refractivity contribution is -0.141. The van der Waals surface area contributed by atoms with Crippen LogP contribution in [0.15, 0.2) is 78.9 Å². The van der Waals surface area contributed by atoms with Crippen LogP contribution in [0.25, 0.3) is 0 Å². The molecule has 0 unspecified atom stereocenters. The zero-order valence-electron chi connectivity index (χ0n) is 24.8. The molecule has 0 aliphatic heterocycles. The van der Waals surface area contributed by atoms with Gasteiger partial charge in [-0.1, -0.05) is 91.7 Å². The van der Waals surface area contributed by atoms with E-state index in [1.165, 1.54) is 10.6 Å². The largest absolute Gasteiger partial charge is 0.354 e. The van der Waals surface area contributed by atoms with Crippen molar-refractivity contribution in [3.8, 4) is 0 Å². The summed E-state index contributed by atoms with van der Waals surface area (Å²) in [4.78, 5) is 29.1. The lowest BCUT2D eigenvalue weighted by atomic mass is 10.0. The number of hydrogen-bond donors (Lipinski definition) is 1. The first-order valence-electron chi connectivity index (χ1n) is 14.1. The van der Waals surface area contributed by atoms with Crippen molar-refractivity contribution in [2.24, 2.45) is 5.92 Å². The fraction of sp³-hybridized carbons (Fsp3) is 0.394. The summed E-state index contributed by atoms with van der Waals surface area (Å²) in [5, 5.41) is 3.03. The van der Waals surface area contributed by atoms with E-state index in [0.717, 1.165) is 22.3 Å². The van der Waals surface area contributed by atoms with E-state index in [-0.39, 0.29) is 37.2 Å². The predicted molar refractivity (Wildman–Crippen MR) is 166 cm³/mol. The van der Waals surface area contributed by atoms with E-state index in [9.17, 15) is 18.0 Å². The summed E-state index contributed by atoms with van der Waals surface area (Å²) < 4.78 is 26.5. The number of amides is 2. The Morgan fingerprint density at radius 2 is 1.51 bits per heavy atom. The van der Waals surface area contributed by atoms with Gasteiger partial charge in [0.25, 0.3) is 0 Å². The number of carbonyl (C=O) groups is 2. The third-order valence-corrected chi connectivity index (χ3v) is 8.06. The number of hydrogen-bond acceptors (Lipinski definition) is 4. The molecule has 7 nitrogen and oxygen atoms in total. The number of aryl methyl sites for hydroxylation is 2. The number of carbonyl (C=O) groups excluding carboxylic acids is 2. The Bertz CT molecular complexity index is 1390. The lowest BCUT2D eigenvalue weighted by Gasteiger charge is -2.32. The molecule has 0 heterocycles. The van der Waals surface area contributed by atoms with Crippen LogP contribution in [0, 0.1) is 19.8 Å². The van der Waals surface area contributed by atoms with Gasteiger partial charge in [0.1, 0.15) is 6.04 Å². The summed E-state index contributed by atoms with van der Waals surface area (Å²) >= 11 is 0. The van der Waals surface area contributed by atoms with Crippen LogP contribution >= 0.6 is 0 Å². The van der Waals surface area contributed by atoms with Crippen molar-refractivity contribution < 1.29 is 18.0 Å². The van der Waals surface area contributed by atoms with E-state index in [1.807, 2.05) is 94.4 Å². The van der Waals surface area contributed by atoms with Crippen molar-refractivity contribution >= 4 is 27.5 Å². The molecule has 1 atom stereocenters. The molecule has 0 saturated carbocycles. The Kier molecular flexibility index (Phi) is 11.5. The van der Waals surface area contributed by atoms with Gasteiger partial charge in [0, 0.05) is 32.5 Å². The number of benzene rings is 3. The average molecular weight is 578 g/mol. The van der Waals surface area contributed by atoms with Gasteiger partial charge in [-0.3, -0.25) is 13.9 Å². The van der Waals surface area contributed by atoms with Gasteiger partial charge < -0.3 is 10.2 Å². The standard InChI is InChI=1S/C33H43N3O4S/c1-25(2)23-34-33(38)31(22-28-12-7-6-8-13-28)35(24-29-14-9-11-27(4)21-29)32(37)15-10-20-36(41(5,39)40)30-18-16-26(3)17-19-30/h6-9,11-14,16-19,21,25,31H,10,15,20,22-24H2,1-5H3,(H,34,38)/t31-/m1/s1. The molecule has 2 amide bonds. The van der Waals surface area contributed by atoms with Crippen molar-refractivity contribution in [1.29, 1.82) is 0 Å². The van der Waals surface area contributed by atoms with Gasteiger partial charge in [0.2, 0.25) is 21.8 Å². The SMILES string of the molecule is Cc1ccc(N(CCCC(=O)N(Cc2cccc(C)c2)[C@H](Cc2ccccc2)C(=O)NCC(C)C)S(C)(=O)=O)cc1. The summed E-state index contributed by atoms with van der Waals surface area (Å²) in [6.45, 7) is 8.95. The van der Waals surface area contributed by atoms with Crippen LogP contribution in [0.4, 0.5) is 5.69 Å². The van der Waals surface area contributed by atoms with Gasteiger partial charge in [-0.25, -0.2) is 8.42 Å². The minimum atomic E-state index is -3.54. The van der Waals surface area contributed by atoms with Crippen LogP contribution in [0.2, 0.25) is 0 Å². The van der Waals surface area contributed by atoms with Crippen molar-refractivity contribution in [1.82, 2.24) is 10.2 Å². The molecular formula is C33H43N3O4S. The first-order valence-corrected chi connectivity index (χ1v) is 16.0. The van der Waals surface area contributed by atoms with Crippen molar-refractivity contribution in [2.75, 3.05) is 23.7 Å². The van der Waals surface area contributed by atoms with E-state index in [4.69, 9.17) is 0 Å². The van der Waals surface area contributed by atoms with Crippen LogP contribution in [0.3, 0.4) is 0 Å². The van der Waals surface area contributed by atoms with E-state index in [2.05, 4.69) is 5.32 Å². The molecule has 3 rings (SSSR count). The quantitative estimate of drug-likeness (QED) is 0.283. The molecule has 0 aromatic heterocycles.